The van der Waals surface area contributed by atoms with Crippen LogP contribution in [0.5, 0.6) is 0 Å². The first kappa shape index (κ1) is 16.0. The van der Waals surface area contributed by atoms with Gasteiger partial charge in [0.2, 0.25) is 5.91 Å². The minimum absolute atomic E-state index is 0.210. The van der Waals surface area contributed by atoms with Crippen LogP contribution in [-0.2, 0) is 16.1 Å². The van der Waals surface area contributed by atoms with Crippen LogP contribution in [0, 0.1) is 0 Å². The molecule has 122 valence electrons. The van der Waals surface area contributed by atoms with Gasteiger partial charge < -0.3 is 4.42 Å². The summed E-state index contributed by atoms with van der Waals surface area (Å²) in [6.07, 6.45) is 0.651. The van der Waals surface area contributed by atoms with E-state index < -0.39 is 0 Å². The third-order valence-electron chi connectivity index (χ3n) is 3.54. The maximum absolute atomic E-state index is 11.5. The molecule has 5 nitrogen and oxygen atoms in total. The van der Waals surface area contributed by atoms with Crippen molar-refractivity contribution in [1.29, 1.82) is 0 Å². The molecule has 2 aromatic carbocycles. The van der Waals surface area contributed by atoms with E-state index in [0.717, 1.165) is 16.8 Å². The summed E-state index contributed by atoms with van der Waals surface area (Å²) in [4.78, 5) is 20.8. The van der Waals surface area contributed by atoms with Crippen molar-refractivity contribution in [2.24, 2.45) is 0 Å². The van der Waals surface area contributed by atoms with Crippen molar-refractivity contribution >= 4 is 5.91 Å². The molecule has 3 rings (SSSR count). The second-order valence-corrected chi connectivity index (χ2v) is 5.25. The fraction of sp³-hybridized carbons (Fsp3) is 0.158. The molecule has 0 saturated heterocycles. The molecule has 1 N–H and O–H groups in total. The van der Waals surface area contributed by atoms with Crippen molar-refractivity contribution < 1.29 is 14.0 Å². The van der Waals surface area contributed by atoms with Gasteiger partial charge >= 0.3 is 0 Å². The van der Waals surface area contributed by atoms with Crippen molar-refractivity contribution in [2.45, 2.75) is 12.8 Å². The molecule has 0 fully saturated rings. The molecule has 0 bridgehead atoms. The Morgan fingerprint density at radius 1 is 1.04 bits per heavy atom. The summed E-state index contributed by atoms with van der Waals surface area (Å²) in [6.45, 7) is 0. The molecule has 1 aromatic heterocycles. The van der Waals surface area contributed by atoms with Crippen LogP contribution < -0.4 is 5.48 Å². The van der Waals surface area contributed by atoms with Gasteiger partial charge in [-0.2, -0.15) is 0 Å². The number of aryl methyl sites for hydroxylation is 1. The SMILES string of the molecule is CONC(=O)CCc1nc(-c2ccccc2)c(-c2ccccc2)o1. The number of benzene rings is 2. The molecule has 1 heterocycles. The molecule has 24 heavy (non-hydrogen) atoms. The molecule has 0 radical (unpaired) electrons. The molecule has 0 aliphatic heterocycles. The van der Waals surface area contributed by atoms with E-state index in [0.29, 0.717) is 18.1 Å². The summed E-state index contributed by atoms with van der Waals surface area (Å²) in [7, 11) is 1.41. The van der Waals surface area contributed by atoms with E-state index in [-0.39, 0.29) is 12.3 Å². The van der Waals surface area contributed by atoms with Gasteiger partial charge in [0.05, 0.1) is 7.11 Å². The minimum atomic E-state index is -0.210. The van der Waals surface area contributed by atoms with Gasteiger partial charge in [0.1, 0.15) is 5.69 Å². The summed E-state index contributed by atoms with van der Waals surface area (Å²) in [5.74, 6) is 1.03. The lowest BCUT2D eigenvalue weighted by atomic mass is 10.1. The van der Waals surface area contributed by atoms with Crippen LogP contribution in [0.1, 0.15) is 12.3 Å². The predicted octanol–water partition coefficient (Wildman–Crippen LogP) is 3.62. The molecular weight excluding hydrogens is 304 g/mol. The van der Waals surface area contributed by atoms with Gasteiger partial charge in [-0.25, -0.2) is 10.5 Å². The van der Waals surface area contributed by atoms with Gasteiger partial charge in [0.15, 0.2) is 11.7 Å². The van der Waals surface area contributed by atoms with Crippen molar-refractivity contribution in [2.75, 3.05) is 7.11 Å². The van der Waals surface area contributed by atoms with Gasteiger partial charge in [-0.3, -0.25) is 9.63 Å². The Morgan fingerprint density at radius 3 is 2.29 bits per heavy atom. The summed E-state index contributed by atoms with van der Waals surface area (Å²) < 4.78 is 5.95. The monoisotopic (exact) mass is 322 g/mol. The number of amides is 1. The number of rotatable bonds is 6. The lowest BCUT2D eigenvalue weighted by Gasteiger charge is -2.00. The lowest BCUT2D eigenvalue weighted by Crippen LogP contribution is -2.21. The van der Waals surface area contributed by atoms with Crippen LogP contribution in [-0.4, -0.2) is 18.0 Å². The summed E-state index contributed by atoms with van der Waals surface area (Å²) in [6, 6.07) is 19.7. The van der Waals surface area contributed by atoms with E-state index in [9.17, 15) is 4.79 Å². The third-order valence-corrected chi connectivity index (χ3v) is 3.54. The number of hydroxylamine groups is 1. The van der Waals surface area contributed by atoms with E-state index in [1.54, 1.807) is 0 Å². The Kier molecular flexibility index (Phi) is 5.03. The topological polar surface area (TPSA) is 64.4 Å². The molecule has 0 unspecified atom stereocenters. The highest BCUT2D eigenvalue weighted by atomic mass is 16.6. The number of aromatic nitrogens is 1. The number of nitrogens with zero attached hydrogens (tertiary/aromatic N) is 1. The molecule has 0 saturated carbocycles. The summed E-state index contributed by atoms with van der Waals surface area (Å²) >= 11 is 0. The first-order valence-corrected chi connectivity index (χ1v) is 7.70. The first-order chi connectivity index (χ1) is 11.8. The number of hydrogen-bond donors (Lipinski definition) is 1. The van der Waals surface area contributed by atoms with Crippen LogP contribution in [0.25, 0.3) is 22.6 Å². The average Bonchev–Trinajstić information content (AvgIpc) is 3.06. The normalized spacial score (nSPS) is 10.5. The largest absolute Gasteiger partial charge is 0.440 e. The maximum Gasteiger partial charge on any atom is 0.244 e. The first-order valence-electron chi connectivity index (χ1n) is 7.70. The van der Waals surface area contributed by atoms with Crippen molar-refractivity contribution in [1.82, 2.24) is 10.5 Å². The predicted molar refractivity (Wildman–Crippen MR) is 90.8 cm³/mol. The van der Waals surface area contributed by atoms with Gasteiger partial charge in [0, 0.05) is 24.0 Å². The molecule has 0 aliphatic rings. The number of carbonyl (C=O) groups excluding carboxylic acids is 1. The van der Waals surface area contributed by atoms with Gasteiger partial charge in [-0.15, -0.1) is 0 Å². The van der Waals surface area contributed by atoms with E-state index in [1.807, 2.05) is 60.7 Å². The quantitative estimate of drug-likeness (QED) is 0.704. The third kappa shape index (κ3) is 3.70. The highest BCUT2D eigenvalue weighted by molar-refractivity contribution is 5.77. The van der Waals surface area contributed by atoms with Crippen molar-refractivity contribution in [3.8, 4) is 22.6 Å². The molecule has 3 aromatic rings. The van der Waals surface area contributed by atoms with Crippen molar-refractivity contribution in [3.63, 3.8) is 0 Å². The zero-order valence-corrected chi connectivity index (χ0v) is 13.4. The molecular formula is C19H18N2O3. The molecule has 5 heteroatoms. The van der Waals surface area contributed by atoms with Crippen LogP contribution >= 0.6 is 0 Å². The maximum atomic E-state index is 11.5. The zero-order chi connectivity index (χ0) is 16.8. The van der Waals surface area contributed by atoms with Gasteiger partial charge in [0.25, 0.3) is 0 Å². The van der Waals surface area contributed by atoms with E-state index in [1.165, 1.54) is 7.11 Å². The second kappa shape index (κ2) is 7.57. The van der Waals surface area contributed by atoms with Crippen molar-refractivity contribution in [3.05, 3.63) is 66.6 Å². The number of carbonyl (C=O) groups is 1. The Balaban J connectivity index is 1.93. The second-order valence-electron chi connectivity index (χ2n) is 5.25. The van der Waals surface area contributed by atoms with Crippen LogP contribution in [0.15, 0.2) is 65.1 Å². The molecule has 1 amide bonds. The highest BCUT2D eigenvalue weighted by Crippen LogP contribution is 2.32. The molecule has 0 spiro atoms. The smallest absolute Gasteiger partial charge is 0.244 e. The Labute approximate surface area is 140 Å². The molecule has 0 atom stereocenters. The van der Waals surface area contributed by atoms with Crippen LogP contribution in [0.4, 0.5) is 0 Å². The highest BCUT2D eigenvalue weighted by Gasteiger charge is 2.17. The minimum Gasteiger partial charge on any atom is -0.440 e. The number of nitrogens with one attached hydrogen (secondary N) is 1. The fourth-order valence-corrected chi connectivity index (χ4v) is 2.43. The summed E-state index contributed by atoms with van der Waals surface area (Å²) in [5, 5.41) is 0. The van der Waals surface area contributed by atoms with Crippen LogP contribution in [0.2, 0.25) is 0 Å². The van der Waals surface area contributed by atoms with E-state index in [2.05, 4.69) is 15.3 Å². The van der Waals surface area contributed by atoms with Gasteiger partial charge in [-0.1, -0.05) is 60.7 Å². The van der Waals surface area contributed by atoms with E-state index >= 15 is 0 Å². The Hall–Kier alpha value is -2.92. The Morgan fingerprint density at radius 2 is 1.67 bits per heavy atom. The fourth-order valence-electron chi connectivity index (χ4n) is 2.43. The molecule has 0 aliphatic carbocycles. The van der Waals surface area contributed by atoms with Crippen LogP contribution in [0.3, 0.4) is 0 Å². The van der Waals surface area contributed by atoms with Gasteiger partial charge in [-0.05, 0) is 0 Å². The lowest BCUT2D eigenvalue weighted by molar-refractivity contribution is -0.131. The summed E-state index contributed by atoms with van der Waals surface area (Å²) in [5.41, 5.74) is 5.01. The number of oxazole rings is 1. The average molecular weight is 322 g/mol. The zero-order valence-electron chi connectivity index (χ0n) is 13.4. The van der Waals surface area contributed by atoms with E-state index in [4.69, 9.17) is 4.42 Å². The Bertz CT molecular complexity index is 741. The standard InChI is InChI=1S/C19H18N2O3/c1-23-21-16(22)12-13-17-20-18(14-8-4-2-5-9-14)19(24-17)15-10-6-3-7-11-15/h2-11H,12-13H2,1H3,(H,21,22). The number of hydrogen-bond acceptors (Lipinski definition) is 4.